The van der Waals surface area contributed by atoms with Crippen molar-refractivity contribution < 1.29 is 9.53 Å². The Bertz CT molecular complexity index is 558. The molecule has 0 spiro atoms. The van der Waals surface area contributed by atoms with Gasteiger partial charge < -0.3 is 15.4 Å². The van der Waals surface area contributed by atoms with Crippen LogP contribution in [0.25, 0.3) is 0 Å². The van der Waals surface area contributed by atoms with Crippen LogP contribution in [-0.4, -0.2) is 25.7 Å². The molecule has 2 rings (SSSR count). The van der Waals surface area contributed by atoms with Gasteiger partial charge in [0.15, 0.2) is 0 Å². The van der Waals surface area contributed by atoms with E-state index >= 15 is 0 Å². The summed E-state index contributed by atoms with van der Waals surface area (Å²) in [5, 5.41) is 6.40. The lowest BCUT2D eigenvalue weighted by Gasteiger charge is -2.13. The maximum absolute atomic E-state index is 11.7. The molecule has 4 nitrogen and oxygen atoms in total. The molecule has 1 aromatic rings. The number of nitrogens with one attached hydrogen (secondary N) is 2. The summed E-state index contributed by atoms with van der Waals surface area (Å²) < 4.78 is 5.58. The van der Waals surface area contributed by atoms with Crippen LogP contribution in [-0.2, 0) is 0 Å². The number of carbonyl (C=O) groups excluding carboxylic acids is 1. The van der Waals surface area contributed by atoms with Crippen molar-refractivity contribution in [2.75, 3.05) is 19.7 Å². The lowest BCUT2D eigenvalue weighted by Crippen LogP contribution is -2.38. The van der Waals surface area contributed by atoms with Crippen molar-refractivity contribution in [3.8, 4) is 5.75 Å². The zero-order chi connectivity index (χ0) is 16.5. The third kappa shape index (κ3) is 6.53. The Hall–Kier alpha value is -1.68. The molecule has 5 heteroatoms. The molecule has 126 valence electrons. The van der Waals surface area contributed by atoms with Crippen LogP contribution in [0.3, 0.4) is 0 Å². The number of rotatable bonds is 7. The van der Waals surface area contributed by atoms with Crippen LogP contribution in [0.2, 0.25) is 5.02 Å². The van der Waals surface area contributed by atoms with E-state index in [4.69, 9.17) is 16.3 Å². The number of allylic oxidation sites excluding steroid dienone is 1. The van der Waals surface area contributed by atoms with Gasteiger partial charge in [0.2, 0.25) is 0 Å². The van der Waals surface area contributed by atoms with Crippen molar-refractivity contribution in [1.29, 1.82) is 0 Å². The molecule has 0 heterocycles. The lowest BCUT2D eigenvalue weighted by molar-refractivity contribution is 0.236. The van der Waals surface area contributed by atoms with E-state index in [0.29, 0.717) is 19.7 Å². The molecule has 0 atom stereocenters. The highest BCUT2D eigenvalue weighted by Crippen LogP contribution is 2.21. The molecule has 0 saturated heterocycles. The number of hydrogen-bond acceptors (Lipinski definition) is 2. The second-order valence-electron chi connectivity index (χ2n) is 5.80. The minimum Gasteiger partial charge on any atom is -0.492 e. The summed E-state index contributed by atoms with van der Waals surface area (Å²) in [6.45, 7) is 3.52. The number of amides is 2. The van der Waals surface area contributed by atoms with E-state index in [0.717, 1.165) is 22.8 Å². The second kappa shape index (κ2) is 9.46. The molecule has 1 aromatic carbocycles. The fraction of sp³-hybridized carbons (Fsp3) is 0.500. The molecule has 23 heavy (non-hydrogen) atoms. The Labute approximate surface area is 143 Å². The molecule has 2 amide bonds. The van der Waals surface area contributed by atoms with Gasteiger partial charge in [-0.15, -0.1) is 0 Å². The van der Waals surface area contributed by atoms with Gasteiger partial charge in [-0.25, -0.2) is 4.79 Å². The summed E-state index contributed by atoms with van der Waals surface area (Å²) >= 11 is 5.96. The first-order valence-corrected chi connectivity index (χ1v) is 8.61. The number of urea groups is 1. The maximum atomic E-state index is 11.7. The quantitative estimate of drug-likeness (QED) is 0.578. The van der Waals surface area contributed by atoms with Gasteiger partial charge in [0.1, 0.15) is 12.4 Å². The standard InChI is InChI=1S/C18H25ClN2O2/c1-14-13-16(7-8-17(14)19)23-12-11-21-18(22)20-10-9-15-5-3-2-4-6-15/h5,7-8,13H,2-4,6,9-12H2,1H3,(H2,20,21,22). The molecule has 0 bridgehead atoms. The minimum absolute atomic E-state index is 0.141. The Kier molecular flexibility index (Phi) is 7.27. The number of carbonyl (C=O) groups is 1. The number of ether oxygens (including phenoxy) is 1. The third-order valence-corrected chi connectivity index (χ3v) is 4.33. The van der Waals surface area contributed by atoms with Gasteiger partial charge in [0.25, 0.3) is 0 Å². The molecule has 0 unspecified atom stereocenters. The van der Waals surface area contributed by atoms with Crippen molar-refractivity contribution in [3.63, 3.8) is 0 Å². The Balaban J connectivity index is 1.55. The zero-order valence-corrected chi connectivity index (χ0v) is 14.4. The van der Waals surface area contributed by atoms with E-state index in [1.165, 1.54) is 31.3 Å². The molecule has 2 N–H and O–H groups in total. The van der Waals surface area contributed by atoms with E-state index < -0.39 is 0 Å². The summed E-state index contributed by atoms with van der Waals surface area (Å²) in [6, 6.07) is 5.39. The number of halogens is 1. The topological polar surface area (TPSA) is 50.4 Å². The van der Waals surface area contributed by atoms with Gasteiger partial charge >= 0.3 is 6.03 Å². The van der Waals surface area contributed by atoms with Crippen molar-refractivity contribution >= 4 is 17.6 Å². The molecule has 1 aliphatic rings. The van der Waals surface area contributed by atoms with Gasteiger partial charge in [0, 0.05) is 11.6 Å². The van der Waals surface area contributed by atoms with Crippen LogP contribution in [0.5, 0.6) is 5.75 Å². The van der Waals surface area contributed by atoms with Gasteiger partial charge in [-0.05, 0) is 62.8 Å². The van der Waals surface area contributed by atoms with E-state index in [2.05, 4.69) is 16.7 Å². The lowest BCUT2D eigenvalue weighted by atomic mass is 9.97. The average molecular weight is 337 g/mol. The number of aryl methyl sites for hydroxylation is 1. The van der Waals surface area contributed by atoms with E-state index in [1.807, 2.05) is 25.1 Å². The molecule has 0 radical (unpaired) electrons. The SMILES string of the molecule is Cc1cc(OCCNC(=O)NCCC2=CCCCC2)ccc1Cl. The Morgan fingerprint density at radius 3 is 2.83 bits per heavy atom. The highest BCUT2D eigenvalue weighted by Gasteiger charge is 2.05. The summed E-state index contributed by atoms with van der Waals surface area (Å²) in [5.41, 5.74) is 2.45. The first kappa shape index (κ1) is 17.7. The molecular formula is C18H25ClN2O2. The first-order chi connectivity index (χ1) is 11.1. The minimum atomic E-state index is -0.141. The summed E-state index contributed by atoms with van der Waals surface area (Å²) in [4.78, 5) is 11.7. The highest BCUT2D eigenvalue weighted by atomic mass is 35.5. The Morgan fingerprint density at radius 2 is 2.09 bits per heavy atom. The fourth-order valence-corrected chi connectivity index (χ4v) is 2.69. The molecule has 0 aliphatic heterocycles. The first-order valence-electron chi connectivity index (χ1n) is 8.24. The van der Waals surface area contributed by atoms with Crippen molar-refractivity contribution in [3.05, 3.63) is 40.4 Å². The summed E-state index contributed by atoms with van der Waals surface area (Å²) in [7, 11) is 0. The van der Waals surface area contributed by atoms with Gasteiger partial charge in [-0.1, -0.05) is 23.3 Å². The van der Waals surface area contributed by atoms with Gasteiger partial charge in [-0.2, -0.15) is 0 Å². The van der Waals surface area contributed by atoms with Crippen LogP contribution in [0, 0.1) is 6.92 Å². The van der Waals surface area contributed by atoms with Crippen LogP contribution in [0.4, 0.5) is 4.79 Å². The van der Waals surface area contributed by atoms with Crippen LogP contribution in [0.15, 0.2) is 29.8 Å². The molecule has 0 fully saturated rings. The number of hydrogen-bond donors (Lipinski definition) is 2. The smallest absolute Gasteiger partial charge is 0.314 e. The largest absolute Gasteiger partial charge is 0.492 e. The second-order valence-corrected chi connectivity index (χ2v) is 6.21. The fourth-order valence-electron chi connectivity index (χ4n) is 2.57. The maximum Gasteiger partial charge on any atom is 0.314 e. The monoisotopic (exact) mass is 336 g/mol. The van der Waals surface area contributed by atoms with E-state index in [1.54, 1.807) is 0 Å². The van der Waals surface area contributed by atoms with E-state index in [-0.39, 0.29) is 6.03 Å². The normalized spacial score (nSPS) is 14.1. The van der Waals surface area contributed by atoms with Gasteiger partial charge in [-0.3, -0.25) is 0 Å². The molecule has 0 saturated carbocycles. The average Bonchev–Trinajstić information content (AvgIpc) is 2.56. The molecular weight excluding hydrogens is 312 g/mol. The third-order valence-electron chi connectivity index (χ3n) is 3.90. The van der Waals surface area contributed by atoms with Gasteiger partial charge in [0.05, 0.1) is 6.54 Å². The summed E-state index contributed by atoms with van der Waals surface area (Å²) in [5.74, 6) is 0.762. The van der Waals surface area contributed by atoms with Crippen molar-refractivity contribution in [1.82, 2.24) is 10.6 Å². The zero-order valence-electron chi connectivity index (χ0n) is 13.7. The number of benzene rings is 1. The predicted octanol–water partition coefficient (Wildman–Crippen LogP) is 4.22. The van der Waals surface area contributed by atoms with Crippen LogP contribution < -0.4 is 15.4 Å². The van der Waals surface area contributed by atoms with Crippen molar-refractivity contribution in [2.45, 2.75) is 39.0 Å². The summed E-state index contributed by atoms with van der Waals surface area (Å²) in [6.07, 6.45) is 8.20. The van der Waals surface area contributed by atoms with Crippen molar-refractivity contribution in [2.24, 2.45) is 0 Å². The Morgan fingerprint density at radius 1 is 1.26 bits per heavy atom. The van der Waals surface area contributed by atoms with Crippen LogP contribution >= 0.6 is 11.6 Å². The van der Waals surface area contributed by atoms with Crippen LogP contribution in [0.1, 0.15) is 37.7 Å². The predicted molar refractivity (Wildman–Crippen MR) is 94.3 cm³/mol. The molecule has 1 aliphatic carbocycles. The molecule has 0 aromatic heterocycles. The highest BCUT2D eigenvalue weighted by molar-refractivity contribution is 6.31. The van der Waals surface area contributed by atoms with E-state index in [9.17, 15) is 4.79 Å².